The molecule has 52 heavy (non-hydrogen) atoms. The molecule has 0 spiro atoms. The number of hydrogen-bond donors (Lipinski definition) is 0. The van der Waals surface area contributed by atoms with E-state index in [1.807, 2.05) is 0 Å². The van der Waals surface area contributed by atoms with Crippen molar-refractivity contribution in [3.63, 3.8) is 0 Å². The first-order valence-electron chi connectivity index (χ1n) is 18.4. The lowest BCUT2D eigenvalue weighted by Gasteiger charge is -2.20. The first-order valence-corrected chi connectivity index (χ1v) is 18.4. The molecule has 0 saturated heterocycles. The summed E-state index contributed by atoms with van der Waals surface area (Å²) in [5.41, 5.74) is 14.9. The fourth-order valence-electron chi connectivity index (χ4n) is 8.08. The predicted octanol–water partition coefficient (Wildman–Crippen LogP) is 13.8. The average molecular weight is 673 g/mol. The number of hydrogen-bond acceptors (Lipinski definition) is 0. The fraction of sp³-hybridized carbons (Fsp3) is 0.160. The summed E-state index contributed by atoms with van der Waals surface area (Å²) in [6.45, 7) is 13.8. The molecule has 0 fully saturated rings. The Morgan fingerprint density at radius 3 is 1.48 bits per heavy atom. The fourth-order valence-corrected chi connectivity index (χ4v) is 8.08. The molecule has 0 radical (unpaired) electrons. The van der Waals surface area contributed by atoms with Crippen LogP contribution in [0.3, 0.4) is 0 Å². The van der Waals surface area contributed by atoms with E-state index in [-0.39, 0.29) is 10.8 Å². The Morgan fingerprint density at radius 1 is 0.346 bits per heavy atom. The van der Waals surface area contributed by atoms with Crippen LogP contribution in [0, 0.1) is 0 Å². The van der Waals surface area contributed by atoms with Crippen molar-refractivity contribution in [1.82, 2.24) is 9.13 Å². The predicted molar refractivity (Wildman–Crippen MR) is 223 cm³/mol. The van der Waals surface area contributed by atoms with Crippen LogP contribution in [-0.2, 0) is 10.8 Å². The second-order valence-electron chi connectivity index (χ2n) is 16.3. The first-order chi connectivity index (χ1) is 25.1. The van der Waals surface area contributed by atoms with Gasteiger partial charge in [0.05, 0.1) is 27.8 Å². The zero-order valence-electron chi connectivity index (χ0n) is 30.9. The van der Waals surface area contributed by atoms with E-state index >= 15 is 0 Å². The minimum absolute atomic E-state index is 0.0512. The summed E-state index contributed by atoms with van der Waals surface area (Å²) in [4.78, 5) is 0. The zero-order chi connectivity index (χ0) is 35.8. The van der Waals surface area contributed by atoms with E-state index in [2.05, 4.69) is 208 Å². The molecule has 0 unspecified atom stereocenters. The Balaban J connectivity index is 1.27. The number of para-hydroxylation sites is 3. The van der Waals surface area contributed by atoms with E-state index in [9.17, 15) is 0 Å². The van der Waals surface area contributed by atoms with E-state index in [4.69, 9.17) is 0 Å². The van der Waals surface area contributed by atoms with Crippen molar-refractivity contribution >= 4 is 43.6 Å². The van der Waals surface area contributed by atoms with Gasteiger partial charge < -0.3 is 9.13 Å². The molecule has 2 heteroatoms. The Kier molecular flexibility index (Phi) is 7.31. The highest BCUT2D eigenvalue weighted by Crippen LogP contribution is 2.43. The largest absolute Gasteiger partial charge is 0.309 e. The summed E-state index contributed by atoms with van der Waals surface area (Å²) in [7, 11) is 0. The van der Waals surface area contributed by atoms with Crippen molar-refractivity contribution in [1.29, 1.82) is 0 Å². The second-order valence-corrected chi connectivity index (χ2v) is 16.3. The SMILES string of the molecule is CC(C)(C)c1ccc2c(c1)c1cc(C(C)(C)C)ccc1n2-c1ccccc1-c1ccccc1-c1ccc2c(c1)c1ccccc1n2-c1ccccc1. The van der Waals surface area contributed by atoms with E-state index in [1.54, 1.807) is 0 Å². The third-order valence-electron chi connectivity index (χ3n) is 10.9. The topological polar surface area (TPSA) is 9.86 Å². The number of rotatable bonds is 4. The molecule has 9 rings (SSSR count). The van der Waals surface area contributed by atoms with Crippen molar-refractivity contribution < 1.29 is 0 Å². The smallest absolute Gasteiger partial charge is 0.0541 e. The van der Waals surface area contributed by atoms with Gasteiger partial charge in [-0.25, -0.2) is 0 Å². The maximum Gasteiger partial charge on any atom is 0.0541 e. The van der Waals surface area contributed by atoms with Crippen LogP contribution < -0.4 is 0 Å². The van der Waals surface area contributed by atoms with Gasteiger partial charge in [-0.15, -0.1) is 0 Å². The van der Waals surface area contributed by atoms with Crippen molar-refractivity contribution in [2.24, 2.45) is 0 Å². The van der Waals surface area contributed by atoms with Crippen molar-refractivity contribution in [3.8, 4) is 33.6 Å². The molecule has 2 aromatic heterocycles. The van der Waals surface area contributed by atoms with Crippen LogP contribution in [0.5, 0.6) is 0 Å². The molecular weight excluding hydrogens is 629 g/mol. The Labute approximate surface area is 306 Å². The summed E-state index contributed by atoms with van der Waals surface area (Å²) >= 11 is 0. The molecule has 0 aliphatic rings. The van der Waals surface area contributed by atoms with Crippen molar-refractivity contribution in [2.45, 2.75) is 52.4 Å². The molecule has 2 nitrogen and oxygen atoms in total. The highest BCUT2D eigenvalue weighted by Gasteiger charge is 2.23. The van der Waals surface area contributed by atoms with E-state index in [0.29, 0.717) is 0 Å². The van der Waals surface area contributed by atoms with Gasteiger partial charge in [-0.2, -0.15) is 0 Å². The van der Waals surface area contributed by atoms with Gasteiger partial charge in [0, 0.05) is 32.8 Å². The zero-order valence-corrected chi connectivity index (χ0v) is 30.9. The molecule has 9 aromatic rings. The molecule has 2 heterocycles. The molecule has 254 valence electrons. The highest BCUT2D eigenvalue weighted by atomic mass is 15.0. The summed E-state index contributed by atoms with van der Waals surface area (Å²) < 4.78 is 4.88. The van der Waals surface area contributed by atoms with Crippen LogP contribution >= 0.6 is 0 Å². The van der Waals surface area contributed by atoms with E-state index in [1.165, 1.54) is 88.4 Å². The second kappa shape index (κ2) is 11.9. The van der Waals surface area contributed by atoms with Crippen molar-refractivity contribution in [2.75, 3.05) is 0 Å². The summed E-state index contributed by atoms with van der Waals surface area (Å²) in [6.07, 6.45) is 0. The molecule has 0 amide bonds. The maximum atomic E-state index is 2.49. The third kappa shape index (κ3) is 5.16. The van der Waals surface area contributed by atoms with E-state index < -0.39 is 0 Å². The summed E-state index contributed by atoms with van der Waals surface area (Å²) in [5, 5.41) is 5.12. The first kappa shape index (κ1) is 32.1. The van der Waals surface area contributed by atoms with Gasteiger partial charge in [-0.1, -0.05) is 139 Å². The lowest BCUT2D eigenvalue weighted by Crippen LogP contribution is -2.10. The van der Waals surface area contributed by atoms with Gasteiger partial charge >= 0.3 is 0 Å². The molecule has 0 aliphatic heterocycles. The van der Waals surface area contributed by atoms with Crippen LogP contribution in [0.1, 0.15) is 52.7 Å². The number of nitrogens with zero attached hydrogens (tertiary/aromatic N) is 2. The summed E-state index contributed by atoms with van der Waals surface area (Å²) in [5.74, 6) is 0. The quantitative estimate of drug-likeness (QED) is 0.176. The van der Waals surface area contributed by atoms with Gasteiger partial charge in [-0.3, -0.25) is 0 Å². The number of aromatic nitrogens is 2. The average Bonchev–Trinajstić information content (AvgIpc) is 3.66. The maximum absolute atomic E-state index is 2.49. The van der Waals surface area contributed by atoms with Gasteiger partial charge in [0.2, 0.25) is 0 Å². The summed E-state index contributed by atoms with van der Waals surface area (Å²) in [6, 6.07) is 58.4. The monoisotopic (exact) mass is 672 g/mol. The van der Waals surface area contributed by atoms with Gasteiger partial charge in [0.15, 0.2) is 0 Å². The Morgan fingerprint density at radius 2 is 0.827 bits per heavy atom. The molecule has 0 aliphatic carbocycles. The van der Waals surface area contributed by atoms with Crippen LogP contribution in [0.25, 0.3) is 77.2 Å². The van der Waals surface area contributed by atoms with Crippen LogP contribution in [0.15, 0.2) is 158 Å². The van der Waals surface area contributed by atoms with Crippen LogP contribution in [-0.4, -0.2) is 9.13 Å². The minimum atomic E-state index is 0.0512. The third-order valence-corrected chi connectivity index (χ3v) is 10.9. The molecule has 0 N–H and O–H groups in total. The number of fused-ring (bicyclic) bond motifs is 6. The molecule has 0 saturated carbocycles. The molecule has 0 bridgehead atoms. The minimum Gasteiger partial charge on any atom is -0.309 e. The molecule has 7 aromatic carbocycles. The molecule has 0 atom stereocenters. The van der Waals surface area contributed by atoms with Crippen molar-refractivity contribution in [3.05, 3.63) is 169 Å². The Bertz CT molecular complexity index is 2720. The van der Waals surface area contributed by atoms with E-state index in [0.717, 1.165) is 0 Å². The number of benzene rings is 7. The Hall–Kier alpha value is -5.86. The van der Waals surface area contributed by atoms with Gasteiger partial charge in [0.25, 0.3) is 0 Å². The lowest BCUT2D eigenvalue weighted by molar-refractivity contribution is 0.590. The highest BCUT2D eigenvalue weighted by molar-refractivity contribution is 6.12. The van der Waals surface area contributed by atoms with Crippen LogP contribution in [0.2, 0.25) is 0 Å². The molecular formula is C50H44N2. The normalized spacial score (nSPS) is 12.4. The lowest BCUT2D eigenvalue weighted by atomic mass is 9.85. The van der Waals surface area contributed by atoms with Crippen LogP contribution in [0.4, 0.5) is 0 Å². The standard InChI is InChI=1S/C50H44N2/c1-49(2,3)34-25-28-47-42(31-34)43-32-35(50(4,5)6)26-29-48(43)52(47)45-23-15-12-20-39(45)38-19-11-10-18-37(38)33-24-27-46-41(30-33)40-21-13-14-22-44(40)51(46)36-16-8-7-9-17-36/h7-32H,1-6H3. The van der Waals surface area contributed by atoms with Gasteiger partial charge in [0.1, 0.15) is 0 Å². The van der Waals surface area contributed by atoms with Gasteiger partial charge in [-0.05, 0) is 99.3 Å².